The number of allylic oxidation sites excluding steroid dienone is 1. The zero-order valence-corrected chi connectivity index (χ0v) is 9.00. The summed E-state index contributed by atoms with van der Waals surface area (Å²) in [5.41, 5.74) is 0. The Morgan fingerprint density at radius 1 is 1.29 bits per heavy atom. The SMILES string of the molecule is C=CC(=O)O/C=C/CCCCCCC. The van der Waals surface area contributed by atoms with Gasteiger partial charge in [0.15, 0.2) is 0 Å². The Morgan fingerprint density at radius 2 is 2.00 bits per heavy atom. The third-order valence-corrected chi connectivity index (χ3v) is 1.92. The molecule has 0 fully saturated rings. The van der Waals surface area contributed by atoms with Crippen molar-refractivity contribution >= 4 is 5.97 Å². The Kier molecular flexibility index (Phi) is 9.28. The molecule has 14 heavy (non-hydrogen) atoms. The number of unbranched alkanes of at least 4 members (excludes halogenated alkanes) is 5. The van der Waals surface area contributed by atoms with Gasteiger partial charge in [0.05, 0.1) is 6.26 Å². The summed E-state index contributed by atoms with van der Waals surface area (Å²) in [4.78, 5) is 10.6. The van der Waals surface area contributed by atoms with Crippen LogP contribution < -0.4 is 0 Å². The van der Waals surface area contributed by atoms with E-state index < -0.39 is 5.97 Å². The number of rotatable bonds is 8. The van der Waals surface area contributed by atoms with Crippen LogP contribution in [0.4, 0.5) is 0 Å². The normalized spacial score (nSPS) is 10.4. The van der Waals surface area contributed by atoms with E-state index in [0.717, 1.165) is 12.5 Å². The monoisotopic (exact) mass is 196 g/mol. The lowest BCUT2D eigenvalue weighted by atomic mass is 10.1. The van der Waals surface area contributed by atoms with Gasteiger partial charge in [0.1, 0.15) is 0 Å². The van der Waals surface area contributed by atoms with E-state index in [1.165, 1.54) is 38.4 Å². The van der Waals surface area contributed by atoms with Crippen molar-refractivity contribution in [3.63, 3.8) is 0 Å². The van der Waals surface area contributed by atoms with E-state index in [4.69, 9.17) is 0 Å². The molecule has 0 radical (unpaired) electrons. The van der Waals surface area contributed by atoms with Gasteiger partial charge in [-0.15, -0.1) is 0 Å². The largest absolute Gasteiger partial charge is 0.432 e. The number of carbonyl (C=O) groups excluding carboxylic acids is 1. The Labute approximate surface area is 86.6 Å². The van der Waals surface area contributed by atoms with Crippen molar-refractivity contribution < 1.29 is 9.53 Å². The van der Waals surface area contributed by atoms with Gasteiger partial charge >= 0.3 is 5.97 Å². The third kappa shape index (κ3) is 9.04. The molecule has 0 aromatic heterocycles. The van der Waals surface area contributed by atoms with Gasteiger partial charge in [0.25, 0.3) is 0 Å². The third-order valence-electron chi connectivity index (χ3n) is 1.92. The maximum atomic E-state index is 10.6. The minimum Gasteiger partial charge on any atom is -0.432 e. The molecule has 2 nitrogen and oxygen atoms in total. The standard InChI is InChI=1S/C12H20O2/c1-3-5-6-7-8-9-10-11-14-12(13)4-2/h4,10-11H,2-3,5-9H2,1H3/b11-10+. The molecule has 80 valence electrons. The number of hydrogen-bond acceptors (Lipinski definition) is 2. The number of hydrogen-bond donors (Lipinski definition) is 0. The van der Waals surface area contributed by atoms with Gasteiger partial charge in [-0.2, -0.15) is 0 Å². The molecule has 0 amide bonds. The summed E-state index contributed by atoms with van der Waals surface area (Å²) >= 11 is 0. The molecule has 0 saturated carbocycles. The Morgan fingerprint density at radius 3 is 2.64 bits per heavy atom. The quantitative estimate of drug-likeness (QED) is 0.257. The van der Waals surface area contributed by atoms with E-state index in [0.29, 0.717) is 0 Å². The summed E-state index contributed by atoms with van der Waals surface area (Å²) in [5, 5.41) is 0. The van der Waals surface area contributed by atoms with Gasteiger partial charge in [0.2, 0.25) is 0 Å². The Bertz CT molecular complexity index is 183. The predicted molar refractivity (Wildman–Crippen MR) is 58.8 cm³/mol. The van der Waals surface area contributed by atoms with Crippen molar-refractivity contribution in [2.24, 2.45) is 0 Å². The lowest BCUT2D eigenvalue weighted by Gasteiger charge is -1.96. The number of ether oxygens (including phenoxy) is 1. The molecule has 0 aromatic rings. The van der Waals surface area contributed by atoms with E-state index in [-0.39, 0.29) is 0 Å². The van der Waals surface area contributed by atoms with Gasteiger partial charge in [-0.25, -0.2) is 4.79 Å². The lowest BCUT2D eigenvalue weighted by Crippen LogP contribution is -1.91. The molecule has 0 heterocycles. The number of carbonyl (C=O) groups is 1. The maximum Gasteiger partial charge on any atom is 0.334 e. The minimum atomic E-state index is -0.396. The van der Waals surface area contributed by atoms with Crippen molar-refractivity contribution in [1.82, 2.24) is 0 Å². The topological polar surface area (TPSA) is 26.3 Å². The molecule has 0 spiro atoms. The first-order chi connectivity index (χ1) is 6.81. The van der Waals surface area contributed by atoms with Gasteiger partial charge in [-0.05, 0) is 18.9 Å². The first-order valence-corrected chi connectivity index (χ1v) is 5.29. The molecule has 0 atom stereocenters. The molecular weight excluding hydrogens is 176 g/mol. The van der Waals surface area contributed by atoms with Crippen LogP contribution in [0.25, 0.3) is 0 Å². The van der Waals surface area contributed by atoms with Crippen molar-refractivity contribution in [3.8, 4) is 0 Å². The molecule has 0 rings (SSSR count). The molecule has 0 aromatic carbocycles. The molecule has 0 aliphatic heterocycles. The minimum absolute atomic E-state index is 0.396. The zero-order valence-electron chi connectivity index (χ0n) is 9.00. The van der Waals surface area contributed by atoms with Gasteiger partial charge in [0, 0.05) is 6.08 Å². The highest BCUT2D eigenvalue weighted by Crippen LogP contribution is 2.05. The van der Waals surface area contributed by atoms with Crippen LogP contribution in [0.5, 0.6) is 0 Å². The van der Waals surface area contributed by atoms with Crippen molar-refractivity contribution in [1.29, 1.82) is 0 Å². The van der Waals surface area contributed by atoms with E-state index in [9.17, 15) is 4.79 Å². The molecular formula is C12H20O2. The fraction of sp³-hybridized carbons (Fsp3) is 0.583. The average molecular weight is 196 g/mol. The highest BCUT2D eigenvalue weighted by Gasteiger charge is 1.89. The summed E-state index contributed by atoms with van der Waals surface area (Å²) in [6.45, 7) is 5.50. The Balaban J connectivity index is 3.18. The highest BCUT2D eigenvalue weighted by molar-refractivity contribution is 5.81. The van der Waals surface area contributed by atoms with Crippen LogP contribution in [0.3, 0.4) is 0 Å². The molecule has 0 aliphatic carbocycles. The van der Waals surface area contributed by atoms with Crippen LogP contribution in [0.15, 0.2) is 25.0 Å². The van der Waals surface area contributed by atoms with Gasteiger partial charge < -0.3 is 4.74 Å². The fourth-order valence-corrected chi connectivity index (χ4v) is 1.10. The average Bonchev–Trinajstić information content (AvgIpc) is 2.21. The predicted octanol–water partition coefficient (Wildman–Crippen LogP) is 3.59. The summed E-state index contributed by atoms with van der Waals surface area (Å²) in [7, 11) is 0. The second-order valence-corrected chi connectivity index (χ2v) is 3.22. The molecule has 0 N–H and O–H groups in total. The second kappa shape index (κ2) is 10.0. The summed E-state index contributed by atoms with van der Waals surface area (Å²) in [6.07, 6.45) is 11.8. The van der Waals surface area contributed by atoms with Crippen LogP contribution in [0, 0.1) is 0 Å². The molecule has 2 heteroatoms. The summed E-state index contributed by atoms with van der Waals surface area (Å²) < 4.78 is 4.68. The lowest BCUT2D eigenvalue weighted by molar-refractivity contribution is -0.132. The molecule has 0 bridgehead atoms. The van der Waals surface area contributed by atoms with Crippen molar-refractivity contribution in [2.45, 2.75) is 45.4 Å². The highest BCUT2D eigenvalue weighted by atomic mass is 16.5. The van der Waals surface area contributed by atoms with Crippen LogP contribution >= 0.6 is 0 Å². The van der Waals surface area contributed by atoms with E-state index in [1.54, 1.807) is 0 Å². The molecule has 0 aliphatic rings. The second-order valence-electron chi connectivity index (χ2n) is 3.22. The summed E-state index contributed by atoms with van der Waals surface area (Å²) in [6, 6.07) is 0. The first kappa shape index (κ1) is 12.9. The smallest absolute Gasteiger partial charge is 0.334 e. The zero-order chi connectivity index (χ0) is 10.6. The Hall–Kier alpha value is -1.05. The van der Waals surface area contributed by atoms with E-state index in [1.807, 2.05) is 6.08 Å². The summed E-state index contributed by atoms with van der Waals surface area (Å²) in [5.74, 6) is -0.396. The molecule has 0 unspecified atom stereocenters. The van der Waals surface area contributed by atoms with Crippen LogP contribution in [0.2, 0.25) is 0 Å². The fourth-order valence-electron chi connectivity index (χ4n) is 1.10. The van der Waals surface area contributed by atoms with Crippen LogP contribution in [-0.2, 0) is 9.53 Å². The maximum absolute atomic E-state index is 10.6. The van der Waals surface area contributed by atoms with Crippen molar-refractivity contribution in [3.05, 3.63) is 25.0 Å². The van der Waals surface area contributed by atoms with Gasteiger partial charge in [-0.1, -0.05) is 39.2 Å². The van der Waals surface area contributed by atoms with Crippen LogP contribution in [0.1, 0.15) is 45.4 Å². The van der Waals surface area contributed by atoms with Gasteiger partial charge in [-0.3, -0.25) is 0 Å². The molecule has 0 saturated heterocycles. The van der Waals surface area contributed by atoms with Crippen LogP contribution in [-0.4, -0.2) is 5.97 Å². The van der Waals surface area contributed by atoms with Crippen molar-refractivity contribution in [2.75, 3.05) is 0 Å². The number of esters is 1. The van der Waals surface area contributed by atoms with E-state index >= 15 is 0 Å². The first-order valence-electron chi connectivity index (χ1n) is 5.29. The van der Waals surface area contributed by atoms with E-state index in [2.05, 4.69) is 18.2 Å².